The van der Waals surface area contributed by atoms with Crippen LogP contribution in [-0.4, -0.2) is 35.6 Å². The van der Waals surface area contributed by atoms with Crippen molar-refractivity contribution in [3.8, 4) is 5.75 Å². The Morgan fingerprint density at radius 1 is 1.09 bits per heavy atom. The average Bonchev–Trinajstić information content (AvgIpc) is 3.22. The van der Waals surface area contributed by atoms with Gasteiger partial charge in [0.1, 0.15) is 16.4 Å². The van der Waals surface area contributed by atoms with Crippen LogP contribution in [0.1, 0.15) is 62.4 Å². The molecule has 8 nitrogen and oxygen atoms in total. The van der Waals surface area contributed by atoms with Crippen LogP contribution < -0.4 is 15.8 Å². The molecule has 0 bridgehead atoms. The highest BCUT2D eigenvalue weighted by Crippen LogP contribution is 2.35. The third-order valence-corrected chi connectivity index (χ3v) is 6.43. The molecule has 0 aliphatic heterocycles. The zero-order chi connectivity index (χ0) is 23.6. The van der Waals surface area contributed by atoms with Crippen molar-refractivity contribution >= 4 is 45.0 Å². The number of primary amides is 1. The summed E-state index contributed by atoms with van der Waals surface area (Å²) in [7, 11) is 0. The van der Waals surface area contributed by atoms with E-state index in [1.54, 1.807) is 13.8 Å². The van der Waals surface area contributed by atoms with Crippen molar-refractivity contribution in [2.45, 2.75) is 41.2 Å². The lowest BCUT2D eigenvalue weighted by molar-refractivity contribution is 0.0527. The van der Waals surface area contributed by atoms with Gasteiger partial charge in [0.2, 0.25) is 0 Å². The van der Waals surface area contributed by atoms with Crippen molar-refractivity contribution in [3.05, 3.63) is 45.5 Å². The topological polar surface area (TPSA) is 113 Å². The second-order valence-electron chi connectivity index (χ2n) is 7.13. The van der Waals surface area contributed by atoms with Crippen molar-refractivity contribution in [2.75, 3.05) is 18.5 Å². The molecule has 2 aromatic heterocycles. The zero-order valence-electron chi connectivity index (χ0n) is 18.8. The molecule has 3 N–H and O–H groups in total. The van der Waals surface area contributed by atoms with Gasteiger partial charge in [0.15, 0.2) is 0 Å². The summed E-state index contributed by atoms with van der Waals surface area (Å²) in [6, 6.07) is 5.72. The van der Waals surface area contributed by atoms with Gasteiger partial charge in [-0.3, -0.25) is 9.59 Å². The van der Waals surface area contributed by atoms with Crippen LogP contribution in [0, 0.1) is 13.8 Å². The van der Waals surface area contributed by atoms with Crippen LogP contribution in [0.5, 0.6) is 5.75 Å². The minimum Gasteiger partial charge on any atom is -0.494 e. The van der Waals surface area contributed by atoms with Gasteiger partial charge < -0.3 is 25.1 Å². The molecule has 0 radical (unpaired) electrons. The number of benzene rings is 1. The number of nitrogens with one attached hydrogen (secondary N) is 1. The first kappa shape index (κ1) is 23.3. The summed E-state index contributed by atoms with van der Waals surface area (Å²) in [5, 5.41) is 3.97. The van der Waals surface area contributed by atoms with Gasteiger partial charge in [-0.2, -0.15) is 0 Å². The third kappa shape index (κ3) is 4.08. The van der Waals surface area contributed by atoms with Gasteiger partial charge in [-0.1, -0.05) is 0 Å². The van der Waals surface area contributed by atoms with Crippen molar-refractivity contribution in [2.24, 2.45) is 5.73 Å². The largest absolute Gasteiger partial charge is 0.494 e. The third-order valence-electron chi connectivity index (χ3n) is 5.21. The molecule has 170 valence electrons. The molecule has 3 rings (SSSR count). The summed E-state index contributed by atoms with van der Waals surface area (Å²) in [6.45, 7) is 10.3. The van der Waals surface area contributed by atoms with Gasteiger partial charge in [0.05, 0.1) is 23.7 Å². The zero-order valence-corrected chi connectivity index (χ0v) is 19.6. The van der Waals surface area contributed by atoms with Gasteiger partial charge in [0, 0.05) is 17.4 Å². The van der Waals surface area contributed by atoms with Gasteiger partial charge in [-0.15, -0.1) is 11.3 Å². The van der Waals surface area contributed by atoms with E-state index in [9.17, 15) is 14.4 Å². The molecule has 0 aliphatic carbocycles. The van der Waals surface area contributed by atoms with Crippen molar-refractivity contribution < 1.29 is 23.9 Å². The predicted molar refractivity (Wildman–Crippen MR) is 125 cm³/mol. The van der Waals surface area contributed by atoms with Gasteiger partial charge in [0.25, 0.3) is 11.8 Å². The highest BCUT2D eigenvalue weighted by Gasteiger charge is 2.28. The number of nitrogens with zero attached hydrogens (tertiary/aromatic N) is 1. The highest BCUT2D eigenvalue weighted by molar-refractivity contribution is 7.18. The Morgan fingerprint density at radius 2 is 1.81 bits per heavy atom. The number of ether oxygens (including phenoxy) is 2. The number of carbonyl (C=O) groups excluding carboxylic acids is 3. The van der Waals surface area contributed by atoms with E-state index in [4.69, 9.17) is 15.2 Å². The van der Waals surface area contributed by atoms with E-state index >= 15 is 0 Å². The molecule has 1 aromatic carbocycles. The Labute approximate surface area is 190 Å². The van der Waals surface area contributed by atoms with Crippen LogP contribution >= 0.6 is 11.3 Å². The number of nitrogens with two attached hydrogens (primary N) is 1. The van der Waals surface area contributed by atoms with Crippen molar-refractivity contribution in [1.82, 2.24) is 4.57 Å². The summed E-state index contributed by atoms with van der Waals surface area (Å²) in [5.41, 5.74) is 8.17. The highest BCUT2D eigenvalue weighted by atomic mass is 32.1. The summed E-state index contributed by atoms with van der Waals surface area (Å²) >= 11 is 0.970. The number of fused-ring (bicyclic) bond motifs is 1. The fourth-order valence-electron chi connectivity index (χ4n) is 3.83. The first-order valence-corrected chi connectivity index (χ1v) is 11.2. The second-order valence-corrected chi connectivity index (χ2v) is 8.15. The Balaban J connectivity index is 2.09. The lowest BCUT2D eigenvalue weighted by Gasteiger charge is -2.10. The average molecular weight is 458 g/mol. The summed E-state index contributed by atoms with van der Waals surface area (Å²) in [6.07, 6.45) is 0. The maximum atomic E-state index is 13.4. The first-order valence-electron chi connectivity index (χ1n) is 10.4. The molecule has 32 heavy (non-hydrogen) atoms. The standard InChI is InChI=1S/C23H27N3O5S/c1-6-26-16-10-9-14(30-7-2)11-15(16)12(4)18(26)21(28)25-22-17(23(29)31-8-3)13(5)19(32-22)20(24)27/h9-11H,6-8H2,1-5H3,(H2,24,27)(H,25,28). The summed E-state index contributed by atoms with van der Waals surface area (Å²) < 4.78 is 12.6. The van der Waals surface area contributed by atoms with Crippen LogP contribution in [0.2, 0.25) is 0 Å². The first-order chi connectivity index (χ1) is 15.2. The fourth-order valence-corrected chi connectivity index (χ4v) is 4.87. The maximum Gasteiger partial charge on any atom is 0.341 e. The molecule has 9 heteroatoms. The number of hydrogen-bond acceptors (Lipinski definition) is 6. The molecule has 0 saturated carbocycles. The molecule has 2 heterocycles. The maximum absolute atomic E-state index is 13.4. The lowest BCUT2D eigenvalue weighted by atomic mass is 10.1. The molecule has 2 amide bonds. The Bertz CT molecular complexity index is 1210. The Hall–Kier alpha value is -3.33. The van der Waals surface area contributed by atoms with Gasteiger partial charge in [-0.05, 0) is 63.9 Å². The number of anilines is 1. The summed E-state index contributed by atoms with van der Waals surface area (Å²) in [4.78, 5) is 38.0. The van der Waals surface area contributed by atoms with Crippen LogP contribution in [-0.2, 0) is 11.3 Å². The van der Waals surface area contributed by atoms with E-state index < -0.39 is 11.9 Å². The number of esters is 1. The number of thiophene rings is 1. The van der Waals surface area contributed by atoms with E-state index in [2.05, 4.69) is 5.32 Å². The van der Waals surface area contributed by atoms with Crippen LogP contribution in [0.4, 0.5) is 5.00 Å². The van der Waals surface area contributed by atoms with E-state index in [-0.39, 0.29) is 28.0 Å². The second kappa shape index (κ2) is 9.44. The normalized spacial score (nSPS) is 10.9. The van der Waals surface area contributed by atoms with E-state index in [0.717, 1.165) is 33.6 Å². The van der Waals surface area contributed by atoms with Crippen molar-refractivity contribution in [1.29, 1.82) is 0 Å². The summed E-state index contributed by atoms with van der Waals surface area (Å²) in [5.74, 6) is -0.937. The number of rotatable bonds is 8. The van der Waals surface area contributed by atoms with Gasteiger partial charge in [-0.25, -0.2) is 4.79 Å². The molecular formula is C23H27N3O5S. The molecule has 0 aliphatic rings. The van der Waals surface area contributed by atoms with E-state index in [0.29, 0.717) is 24.4 Å². The fraction of sp³-hybridized carbons (Fsp3) is 0.348. The van der Waals surface area contributed by atoms with E-state index in [1.165, 1.54) is 0 Å². The Morgan fingerprint density at radius 3 is 2.41 bits per heavy atom. The number of amides is 2. The SMILES string of the molecule is CCOC(=O)c1c(NC(=O)c2c(C)c3cc(OCC)ccc3n2CC)sc(C(N)=O)c1C. The monoisotopic (exact) mass is 457 g/mol. The number of carbonyl (C=O) groups is 3. The minimum atomic E-state index is -0.666. The molecular weight excluding hydrogens is 430 g/mol. The minimum absolute atomic E-state index is 0.148. The van der Waals surface area contributed by atoms with Crippen LogP contribution in [0.15, 0.2) is 18.2 Å². The van der Waals surface area contributed by atoms with Gasteiger partial charge >= 0.3 is 5.97 Å². The molecule has 0 spiro atoms. The quantitative estimate of drug-likeness (QED) is 0.491. The number of aromatic nitrogens is 1. The van der Waals surface area contributed by atoms with Crippen LogP contribution in [0.3, 0.4) is 0 Å². The smallest absolute Gasteiger partial charge is 0.341 e. The van der Waals surface area contributed by atoms with Crippen LogP contribution in [0.25, 0.3) is 10.9 Å². The molecule has 0 atom stereocenters. The van der Waals surface area contributed by atoms with Crippen molar-refractivity contribution in [3.63, 3.8) is 0 Å². The molecule has 0 unspecified atom stereocenters. The predicted octanol–water partition coefficient (Wildman–Crippen LogP) is 4.27. The number of aryl methyl sites for hydroxylation is 2. The number of hydrogen-bond donors (Lipinski definition) is 2. The Kier molecular flexibility index (Phi) is 6.88. The van der Waals surface area contributed by atoms with E-state index in [1.807, 2.05) is 43.5 Å². The molecule has 0 saturated heterocycles. The lowest BCUT2D eigenvalue weighted by Crippen LogP contribution is -2.19. The molecule has 3 aromatic rings. The molecule has 0 fully saturated rings.